The van der Waals surface area contributed by atoms with Gasteiger partial charge in [0.05, 0.1) is 0 Å². The average molecular weight is 319 g/mol. The van der Waals surface area contributed by atoms with E-state index in [4.69, 9.17) is 16.3 Å². The molecule has 1 aliphatic rings. The minimum Gasteiger partial charge on any atom is -0.423 e. The zero-order valence-electron chi connectivity index (χ0n) is 12.1. The molecule has 1 aromatic carbocycles. The second-order valence-corrected chi connectivity index (χ2v) is 5.12. The van der Waals surface area contributed by atoms with Crippen molar-refractivity contribution in [2.45, 2.75) is 13.3 Å². The number of hydrogen-bond donors (Lipinski definition) is 2. The van der Waals surface area contributed by atoms with Crippen molar-refractivity contribution in [1.82, 2.24) is 4.98 Å². The number of nitrogens with zero attached hydrogens (tertiary/aromatic N) is 1. The van der Waals surface area contributed by atoms with Crippen molar-refractivity contribution in [3.05, 3.63) is 52.8 Å². The van der Waals surface area contributed by atoms with Crippen molar-refractivity contribution in [2.75, 3.05) is 11.9 Å². The number of aryl methyl sites for hydroxylation is 1. The lowest BCUT2D eigenvalue weighted by Gasteiger charge is -2.19. The van der Waals surface area contributed by atoms with Gasteiger partial charge >= 0.3 is 7.12 Å². The molecule has 0 unspecified atom stereocenters. The van der Waals surface area contributed by atoms with Crippen LogP contribution in [0.2, 0.25) is 5.15 Å². The summed E-state index contributed by atoms with van der Waals surface area (Å²) < 4.78 is 5.08. The summed E-state index contributed by atoms with van der Waals surface area (Å²) in [4.78, 5) is 14.1. The molecule has 0 radical (unpaired) electrons. The van der Waals surface area contributed by atoms with Crippen LogP contribution in [0.4, 0.5) is 5.69 Å². The number of halogens is 1. The number of benzene rings is 1. The number of aromatic nitrogens is 1. The van der Waals surface area contributed by atoms with Crippen LogP contribution in [0.3, 0.4) is 0 Å². The van der Waals surface area contributed by atoms with E-state index in [9.17, 15) is 9.82 Å². The number of carbonyl (C=O) groups excluding carboxylic acids is 1. The molecule has 1 amide bonds. The number of carbonyl (C=O) groups is 1. The summed E-state index contributed by atoms with van der Waals surface area (Å²) in [5.41, 5.74) is 3.50. The van der Waals surface area contributed by atoms with Crippen LogP contribution in [0.15, 0.2) is 36.5 Å². The van der Waals surface area contributed by atoms with Crippen molar-refractivity contribution in [2.24, 2.45) is 0 Å². The second kappa shape index (κ2) is 7.94. The Morgan fingerprint density at radius 1 is 1.45 bits per heavy atom. The molecule has 1 aromatic heterocycles. The van der Waals surface area contributed by atoms with Gasteiger partial charge in [-0.25, -0.2) is 4.98 Å². The van der Waals surface area contributed by atoms with Gasteiger partial charge in [0.2, 0.25) is 6.41 Å². The maximum Gasteiger partial charge on any atom is 0.491 e. The highest BCUT2D eigenvalue weighted by Gasteiger charge is 2.24. The monoisotopic (exact) mass is 318 g/mol. The number of amides is 1. The van der Waals surface area contributed by atoms with E-state index in [1.807, 2.05) is 31.2 Å². The first-order chi connectivity index (χ1) is 10.6. The minimum absolute atomic E-state index is 0.536. The Bertz CT molecular complexity index is 633. The smallest absolute Gasteiger partial charge is 0.423 e. The molecule has 1 aliphatic heterocycles. The van der Waals surface area contributed by atoms with E-state index in [1.54, 1.807) is 12.3 Å². The molecule has 5 nitrogen and oxygen atoms in total. The molecule has 0 aliphatic carbocycles. The van der Waals surface area contributed by atoms with Gasteiger partial charge in [0.1, 0.15) is 5.15 Å². The third-order valence-corrected chi connectivity index (χ3v) is 3.63. The molecule has 0 atom stereocenters. The zero-order valence-corrected chi connectivity index (χ0v) is 12.9. The summed E-state index contributed by atoms with van der Waals surface area (Å²) in [6, 6.07) is 9.22. The van der Waals surface area contributed by atoms with Crippen molar-refractivity contribution >= 4 is 36.3 Å². The summed E-state index contributed by atoms with van der Waals surface area (Å²) in [5.74, 6) is 0. The molecule has 0 spiro atoms. The Kier molecular flexibility index (Phi) is 5.95. The van der Waals surface area contributed by atoms with Crippen molar-refractivity contribution < 1.29 is 14.5 Å². The Labute approximate surface area is 134 Å². The first-order valence-electron chi connectivity index (χ1n) is 6.81. The van der Waals surface area contributed by atoms with Gasteiger partial charge in [0.15, 0.2) is 0 Å². The lowest BCUT2D eigenvalue weighted by atomic mass is 9.73. The van der Waals surface area contributed by atoms with Gasteiger partial charge in [-0.05, 0) is 48.1 Å². The van der Waals surface area contributed by atoms with Crippen LogP contribution < -0.4 is 10.8 Å². The van der Waals surface area contributed by atoms with E-state index in [-0.39, 0.29) is 0 Å². The van der Waals surface area contributed by atoms with Crippen LogP contribution in [0.25, 0.3) is 0 Å². The Balaban J connectivity index is 0.000000188. The quantitative estimate of drug-likeness (QED) is 0.501. The van der Waals surface area contributed by atoms with E-state index in [0.717, 1.165) is 23.0 Å². The highest BCUT2D eigenvalue weighted by Crippen LogP contribution is 2.11. The highest BCUT2D eigenvalue weighted by atomic mass is 35.5. The molecule has 0 saturated heterocycles. The normalized spacial score (nSPS) is 12.8. The lowest BCUT2D eigenvalue weighted by molar-refractivity contribution is -0.105. The van der Waals surface area contributed by atoms with Crippen LogP contribution in [-0.4, -0.2) is 30.1 Å². The van der Waals surface area contributed by atoms with Crippen LogP contribution in [-0.2, 0) is 15.9 Å². The molecule has 3 rings (SSSR count). The first kappa shape index (κ1) is 16.5. The van der Waals surface area contributed by atoms with Gasteiger partial charge in [-0.15, -0.1) is 0 Å². The molecular formula is C15H16BClN2O3. The Morgan fingerprint density at radius 2 is 2.27 bits per heavy atom. The van der Waals surface area contributed by atoms with E-state index < -0.39 is 7.12 Å². The van der Waals surface area contributed by atoms with Crippen molar-refractivity contribution in [3.8, 4) is 0 Å². The molecule has 0 fully saturated rings. The molecule has 22 heavy (non-hydrogen) atoms. The van der Waals surface area contributed by atoms with Crippen molar-refractivity contribution in [3.63, 3.8) is 0 Å². The highest BCUT2D eigenvalue weighted by molar-refractivity contribution is 6.61. The number of hydrogen-bond acceptors (Lipinski definition) is 4. The third kappa shape index (κ3) is 4.30. The molecular weight excluding hydrogens is 302 g/mol. The fourth-order valence-corrected chi connectivity index (χ4v) is 2.17. The number of anilines is 1. The van der Waals surface area contributed by atoms with Gasteiger partial charge in [-0.2, -0.15) is 0 Å². The molecule has 7 heteroatoms. The summed E-state index contributed by atoms with van der Waals surface area (Å²) in [6.45, 7) is 2.46. The fraction of sp³-hybridized carbons (Fsp3) is 0.200. The predicted molar refractivity (Wildman–Crippen MR) is 87.4 cm³/mol. The standard InChI is InChI=1S/C9H10BNO3.C6H6ClN/c12-6-11-8-2-1-7-3-4-14-10(13)9(7)5-8;1-5-3-2-4-8-6(5)7/h1-2,5-6,13H,3-4H2,(H,11,12);2-4H,1H3. The SMILES string of the molecule is Cc1cccnc1Cl.O=CNc1ccc2c(c1)B(O)OCC2. The Hall–Kier alpha value is -1.89. The van der Waals surface area contributed by atoms with Gasteiger partial charge < -0.3 is 15.0 Å². The summed E-state index contributed by atoms with van der Waals surface area (Å²) >= 11 is 5.60. The maximum atomic E-state index is 10.2. The number of pyridine rings is 1. The van der Waals surface area contributed by atoms with E-state index in [1.165, 1.54) is 0 Å². The summed E-state index contributed by atoms with van der Waals surface area (Å²) in [5, 5.41) is 12.6. The molecule has 2 heterocycles. The Morgan fingerprint density at radius 3 is 2.91 bits per heavy atom. The molecule has 114 valence electrons. The fourth-order valence-electron chi connectivity index (χ4n) is 2.05. The minimum atomic E-state index is -0.868. The molecule has 2 aromatic rings. The summed E-state index contributed by atoms with van der Waals surface area (Å²) in [7, 11) is -0.868. The molecule has 0 bridgehead atoms. The lowest BCUT2D eigenvalue weighted by Crippen LogP contribution is -2.41. The van der Waals surface area contributed by atoms with Gasteiger partial charge in [0.25, 0.3) is 0 Å². The zero-order chi connectivity index (χ0) is 15.9. The second-order valence-electron chi connectivity index (χ2n) is 4.76. The first-order valence-corrected chi connectivity index (χ1v) is 7.19. The topological polar surface area (TPSA) is 71.5 Å². The van der Waals surface area contributed by atoms with Gasteiger partial charge in [-0.3, -0.25) is 4.79 Å². The summed E-state index contributed by atoms with van der Waals surface area (Å²) in [6.07, 6.45) is 3.08. The third-order valence-electron chi connectivity index (χ3n) is 3.23. The van der Waals surface area contributed by atoms with Crippen molar-refractivity contribution in [1.29, 1.82) is 0 Å². The van der Waals surface area contributed by atoms with Crippen LogP contribution in [0.5, 0.6) is 0 Å². The van der Waals surface area contributed by atoms with Gasteiger partial charge in [-0.1, -0.05) is 23.7 Å². The number of rotatable bonds is 2. The van der Waals surface area contributed by atoms with E-state index in [0.29, 0.717) is 23.9 Å². The van der Waals surface area contributed by atoms with E-state index >= 15 is 0 Å². The predicted octanol–water partition coefficient (Wildman–Crippen LogP) is 1.56. The van der Waals surface area contributed by atoms with Crippen LogP contribution >= 0.6 is 11.6 Å². The van der Waals surface area contributed by atoms with Crippen LogP contribution in [0, 0.1) is 6.92 Å². The van der Waals surface area contributed by atoms with Gasteiger partial charge in [0, 0.05) is 18.5 Å². The largest absolute Gasteiger partial charge is 0.491 e. The molecule has 2 N–H and O–H groups in total. The van der Waals surface area contributed by atoms with E-state index in [2.05, 4.69) is 10.3 Å². The maximum absolute atomic E-state index is 10.2. The number of fused-ring (bicyclic) bond motifs is 1. The molecule has 0 saturated carbocycles. The number of nitrogens with one attached hydrogen (secondary N) is 1. The van der Waals surface area contributed by atoms with Crippen LogP contribution in [0.1, 0.15) is 11.1 Å². The average Bonchev–Trinajstić information content (AvgIpc) is 2.52.